The third kappa shape index (κ3) is 4.53. The van der Waals surface area contributed by atoms with Crippen LogP contribution in [0.2, 0.25) is 0 Å². The highest BCUT2D eigenvalue weighted by Gasteiger charge is 2.33. The third-order valence-electron chi connectivity index (χ3n) is 4.51. The first kappa shape index (κ1) is 20.2. The second kappa shape index (κ2) is 9.00. The van der Waals surface area contributed by atoms with Gasteiger partial charge in [-0.25, -0.2) is 8.42 Å². The van der Waals surface area contributed by atoms with E-state index in [1.165, 1.54) is 11.4 Å². The molecule has 0 unspecified atom stereocenters. The van der Waals surface area contributed by atoms with Crippen molar-refractivity contribution in [1.82, 2.24) is 9.21 Å². The van der Waals surface area contributed by atoms with Gasteiger partial charge < -0.3 is 9.64 Å². The normalized spacial score (nSPS) is 16.0. The number of sulfonamides is 1. The fourth-order valence-electron chi connectivity index (χ4n) is 3.06. The quantitative estimate of drug-likeness (QED) is 0.651. The van der Waals surface area contributed by atoms with Crippen molar-refractivity contribution >= 4 is 15.9 Å². The minimum atomic E-state index is -3.56. The molecule has 0 N–H and O–H groups in total. The maximum atomic E-state index is 12.8. The van der Waals surface area contributed by atoms with Crippen molar-refractivity contribution in [3.63, 3.8) is 0 Å². The Bertz CT molecular complexity index is 725. The summed E-state index contributed by atoms with van der Waals surface area (Å²) < 4.78 is 32.0. The molecule has 1 amide bonds. The van der Waals surface area contributed by atoms with Crippen molar-refractivity contribution in [1.29, 1.82) is 0 Å². The van der Waals surface area contributed by atoms with Crippen molar-refractivity contribution in [2.75, 3.05) is 33.3 Å². The summed E-state index contributed by atoms with van der Waals surface area (Å²) in [5, 5.41) is 0. The maximum Gasteiger partial charge on any atom is 0.243 e. The summed E-state index contributed by atoms with van der Waals surface area (Å²) in [4.78, 5) is 14.6. The van der Waals surface area contributed by atoms with Crippen LogP contribution in [0, 0.1) is 5.92 Å². The Hall–Kier alpha value is -2.12. The molecule has 1 aromatic carbocycles. The highest BCUT2D eigenvalue weighted by molar-refractivity contribution is 7.89. The number of nitrogens with zero attached hydrogens (tertiary/aromatic N) is 2. The monoisotopic (exact) mass is 378 g/mol. The summed E-state index contributed by atoms with van der Waals surface area (Å²) in [5.74, 6) is 0.473. The lowest BCUT2D eigenvalue weighted by Gasteiger charge is -2.33. The molecule has 142 valence electrons. The average molecular weight is 378 g/mol. The van der Waals surface area contributed by atoms with Crippen LogP contribution >= 0.6 is 0 Å². The van der Waals surface area contributed by atoms with E-state index in [-0.39, 0.29) is 16.7 Å². The lowest BCUT2D eigenvalue weighted by Crippen LogP contribution is -2.44. The molecular formula is C19H26N2O4S. The van der Waals surface area contributed by atoms with Gasteiger partial charge in [0.05, 0.1) is 12.0 Å². The maximum absolute atomic E-state index is 12.8. The Morgan fingerprint density at radius 1 is 1.19 bits per heavy atom. The lowest BCUT2D eigenvalue weighted by atomic mass is 9.96. The summed E-state index contributed by atoms with van der Waals surface area (Å²) >= 11 is 0. The van der Waals surface area contributed by atoms with Gasteiger partial charge in [-0.1, -0.05) is 12.2 Å². The molecule has 7 heteroatoms. The van der Waals surface area contributed by atoms with Gasteiger partial charge in [0.1, 0.15) is 5.75 Å². The average Bonchev–Trinajstić information content (AvgIpc) is 2.67. The Balaban J connectivity index is 2.03. The molecule has 0 spiro atoms. The van der Waals surface area contributed by atoms with Gasteiger partial charge in [-0.05, 0) is 37.1 Å². The zero-order valence-corrected chi connectivity index (χ0v) is 16.0. The van der Waals surface area contributed by atoms with E-state index < -0.39 is 10.0 Å². The zero-order valence-electron chi connectivity index (χ0n) is 15.1. The number of hydrogen-bond acceptors (Lipinski definition) is 4. The van der Waals surface area contributed by atoms with E-state index in [2.05, 4.69) is 13.2 Å². The van der Waals surface area contributed by atoms with Gasteiger partial charge in [-0.15, -0.1) is 13.2 Å². The van der Waals surface area contributed by atoms with Crippen LogP contribution in [0.15, 0.2) is 54.5 Å². The Morgan fingerprint density at radius 3 is 2.19 bits per heavy atom. The molecule has 6 nitrogen and oxygen atoms in total. The van der Waals surface area contributed by atoms with E-state index in [4.69, 9.17) is 4.74 Å². The summed E-state index contributed by atoms with van der Waals surface area (Å²) in [6, 6.07) is 6.35. The molecule has 2 rings (SSSR count). The molecule has 0 saturated carbocycles. The van der Waals surface area contributed by atoms with E-state index in [0.717, 1.165) is 0 Å². The minimum Gasteiger partial charge on any atom is -0.497 e. The number of piperidine rings is 1. The predicted octanol–water partition coefficient (Wildman–Crippen LogP) is 2.30. The molecule has 1 aliphatic heterocycles. The van der Waals surface area contributed by atoms with Gasteiger partial charge in [0.2, 0.25) is 15.9 Å². The first-order valence-corrected chi connectivity index (χ1v) is 10.0. The predicted molar refractivity (Wildman–Crippen MR) is 101 cm³/mol. The lowest BCUT2D eigenvalue weighted by molar-refractivity contribution is -0.135. The van der Waals surface area contributed by atoms with Gasteiger partial charge in [0.25, 0.3) is 0 Å². The standard InChI is InChI=1S/C19H26N2O4S/c1-4-12-20(13-5-2)19(22)16-10-14-21(15-11-16)26(23,24)18-8-6-17(25-3)7-9-18/h4-9,16H,1-2,10-15H2,3H3. The van der Waals surface area contributed by atoms with E-state index in [0.29, 0.717) is 44.8 Å². The molecule has 0 aliphatic carbocycles. The molecule has 0 bridgehead atoms. The van der Waals surface area contributed by atoms with Crippen LogP contribution in [-0.4, -0.2) is 56.8 Å². The summed E-state index contributed by atoms with van der Waals surface area (Å²) in [7, 11) is -2.02. The van der Waals surface area contributed by atoms with Crippen molar-refractivity contribution < 1.29 is 17.9 Å². The number of ether oxygens (including phenoxy) is 1. The van der Waals surface area contributed by atoms with Crippen molar-refractivity contribution in [2.45, 2.75) is 17.7 Å². The number of hydrogen-bond donors (Lipinski definition) is 0. The summed E-state index contributed by atoms with van der Waals surface area (Å²) in [5.41, 5.74) is 0. The molecule has 1 saturated heterocycles. The van der Waals surface area contributed by atoms with E-state index in [1.54, 1.807) is 41.3 Å². The van der Waals surface area contributed by atoms with Gasteiger partial charge in [0, 0.05) is 32.1 Å². The van der Waals surface area contributed by atoms with Crippen LogP contribution in [0.25, 0.3) is 0 Å². The van der Waals surface area contributed by atoms with E-state index in [9.17, 15) is 13.2 Å². The van der Waals surface area contributed by atoms with Crippen LogP contribution in [0.3, 0.4) is 0 Å². The Morgan fingerprint density at radius 2 is 1.73 bits per heavy atom. The number of carbonyl (C=O) groups excluding carboxylic acids is 1. The fourth-order valence-corrected chi connectivity index (χ4v) is 4.53. The SMILES string of the molecule is C=CCN(CC=C)C(=O)C1CCN(S(=O)(=O)c2ccc(OC)cc2)CC1. The summed E-state index contributed by atoms with van der Waals surface area (Å²) in [6.45, 7) is 8.95. The number of amides is 1. The van der Waals surface area contributed by atoms with Crippen molar-refractivity contribution in [3.8, 4) is 5.75 Å². The molecule has 0 aromatic heterocycles. The fraction of sp³-hybridized carbons (Fsp3) is 0.421. The highest BCUT2D eigenvalue weighted by Crippen LogP contribution is 2.26. The highest BCUT2D eigenvalue weighted by atomic mass is 32.2. The zero-order chi connectivity index (χ0) is 19.2. The van der Waals surface area contributed by atoms with Gasteiger partial charge in [-0.2, -0.15) is 4.31 Å². The smallest absolute Gasteiger partial charge is 0.243 e. The van der Waals surface area contributed by atoms with Gasteiger partial charge in [0.15, 0.2) is 0 Å². The van der Waals surface area contributed by atoms with E-state index in [1.807, 2.05) is 0 Å². The van der Waals surface area contributed by atoms with Gasteiger partial charge in [-0.3, -0.25) is 4.79 Å². The topological polar surface area (TPSA) is 66.9 Å². The molecular weight excluding hydrogens is 352 g/mol. The molecule has 1 aromatic rings. The summed E-state index contributed by atoms with van der Waals surface area (Å²) in [6.07, 6.45) is 4.40. The van der Waals surface area contributed by atoms with Crippen LogP contribution < -0.4 is 4.74 Å². The molecule has 1 aliphatic rings. The first-order chi connectivity index (χ1) is 12.4. The molecule has 0 radical (unpaired) electrons. The first-order valence-electron chi connectivity index (χ1n) is 8.58. The minimum absolute atomic E-state index is 0.0336. The molecule has 26 heavy (non-hydrogen) atoms. The third-order valence-corrected chi connectivity index (χ3v) is 6.42. The second-order valence-electron chi connectivity index (χ2n) is 6.17. The van der Waals surface area contributed by atoms with Crippen molar-refractivity contribution in [2.24, 2.45) is 5.92 Å². The van der Waals surface area contributed by atoms with Crippen LogP contribution in [0.5, 0.6) is 5.75 Å². The molecule has 0 atom stereocenters. The van der Waals surface area contributed by atoms with Gasteiger partial charge >= 0.3 is 0 Å². The molecule has 1 fully saturated rings. The Kier molecular flexibility index (Phi) is 6.99. The number of methoxy groups -OCH3 is 1. The molecule has 1 heterocycles. The number of rotatable bonds is 8. The Labute approximate surface area is 155 Å². The van der Waals surface area contributed by atoms with E-state index >= 15 is 0 Å². The van der Waals surface area contributed by atoms with Crippen LogP contribution in [0.1, 0.15) is 12.8 Å². The second-order valence-corrected chi connectivity index (χ2v) is 8.11. The van der Waals surface area contributed by atoms with Crippen LogP contribution in [-0.2, 0) is 14.8 Å². The van der Waals surface area contributed by atoms with Crippen LogP contribution in [0.4, 0.5) is 0 Å². The number of carbonyl (C=O) groups is 1. The number of benzene rings is 1. The van der Waals surface area contributed by atoms with Crippen molar-refractivity contribution in [3.05, 3.63) is 49.6 Å². The largest absolute Gasteiger partial charge is 0.497 e.